The summed E-state index contributed by atoms with van der Waals surface area (Å²) >= 11 is 0. The molecule has 52 heavy (non-hydrogen) atoms. The number of likely N-dealkylation sites (tertiary alicyclic amines) is 1. The Morgan fingerprint density at radius 3 is 2.52 bits per heavy atom. The number of amidine groups is 1. The predicted octanol–water partition coefficient (Wildman–Crippen LogP) is 4.69. The Bertz CT molecular complexity index is 2100. The van der Waals surface area contributed by atoms with Crippen LogP contribution in [-0.4, -0.2) is 106 Å². The highest BCUT2D eigenvalue weighted by Crippen LogP contribution is 2.36. The second-order valence-corrected chi connectivity index (χ2v) is 13.2. The van der Waals surface area contributed by atoms with Crippen LogP contribution in [0.1, 0.15) is 24.6 Å². The van der Waals surface area contributed by atoms with Gasteiger partial charge in [-0.3, -0.25) is 19.6 Å². The van der Waals surface area contributed by atoms with E-state index in [2.05, 4.69) is 57.4 Å². The first-order valence-electron chi connectivity index (χ1n) is 17.3. The number of fused-ring (bicyclic) bond motifs is 1. The van der Waals surface area contributed by atoms with Crippen molar-refractivity contribution in [3.8, 4) is 11.3 Å². The summed E-state index contributed by atoms with van der Waals surface area (Å²) in [5, 5.41) is 22.3. The van der Waals surface area contributed by atoms with Crippen molar-refractivity contribution >= 4 is 46.6 Å². The summed E-state index contributed by atoms with van der Waals surface area (Å²) in [6, 6.07) is 19.8. The quantitative estimate of drug-likeness (QED) is 0.141. The highest BCUT2D eigenvalue weighted by Gasteiger charge is 2.46. The lowest BCUT2D eigenvalue weighted by molar-refractivity contribution is -0.133. The first-order chi connectivity index (χ1) is 25.3. The fraction of sp³-hybridized carbons (Fsp3) is 0.289. The van der Waals surface area contributed by atoms with Gasteiger partial charge in [-0.05, 0) is 93.3 Å². The normalized spacial score (nSPS) is 18.4. The average molecular weight is 702 g/mol. The number of carbonyl (C=O) groups excluding carboxylic acids is 2. The van der Waals surface area contributed by atoms with Gasteiger partial charge in [0.25, 0.3) is 0 Å². The zero-order valence-corrected chi connectivity index (χ0v) is 28.9. The number of anilines is 2. The maximum Gasteiger partial charge on any atom is 0.236 e. The van der Waals surface area contributed by atoms with E-state index in [9.17, 15) is 14.0 Å². The number of hydrogen-bond donors (Lipinski definition) is 3. The van der Waals surface area contributed by atoms with E-state index >= 15 is 0 Å². The number of carbonyl (C=O) groups is 2. The minimum Gasteiger partial charge on any atom is -0.368 e. The molecule has 13 nitrogen and oxygen atoms in total. The van der Waals surface area contributed by atoms with Crippen molar-refractivity contribution in [1.82, 2.24) is 35.4 Å². The van der Waals surface area contributed by atoms with Gasteiger partial charge in [-0.2, -0.15) is 20.5 Å². The van der Waals surface area contributed by atoms with Crippen LogP contribution >= 0.6 is 0 Å². The molecule has 0 radical (unpaired) electrons. The van der Waals surface area contributed by atoms with Gasteiger partial charge < -0.3 is 15.1 Å². The molecule has 4 heterocycles. The monoisotopic (exact) mass is 701 g/mol. The zero-order chi connectivity index (χ0) is 36.1. The van der Waals surface area contributed by atoms with Crippen LogP contribution in [0, 0.1) is 11.2 Å². The Kier molecular flexibility index (Phi) is 9.98. The molecule has 0 aliphatic carbocycles. The molecule has 3 N–H and O–H groups in total. The number of allylic oxidation sites excluding steroid dienone is 1. The number of amides is 2. The molecule has 1 atom stereocenters. The van der Waals surface area contributed by atoms with Gasteiger partial charge >= 0.3 is 0 Å². The molecule has 14 heteroatoms. The zero-order valence-electron chi connectivity index (χ0n) is 28.9. The predicted molar refractivity (Wildman–Crippen MR) is 200 cm³/mol. The number of halogens is 1. The molecule has 266 valence electrons. The maximum atomic E-state index is 14.2. The minimum atomic E-state index is -0.828. The van der Waals surface area contributed by atoms with Crippen LogP contribution in [-0.2, 0) is 16.0 Å². The second-order valence-electron chi connectivity index (χ2n) is 13.2. The number of rotatable bonds is 10. The van der Waals surface area contributed by atoms with E-state index in [1.807, 2.05) is 60.4 Å². The van der Waals surface area contributed by atoms with Gasteiger partial charge in [0.1, 0.15) is 5.82 Å². The standard InChI is InChI=1S/C38H40FN11O2/c1-3-15-41-36(40-2)27-6-11-31(12-7-27)49-17-19-50(20-18-49)34(51)24-48-16-14-38(25-48,22-30-23-42-47-44-30)37(52)43-29-10-13-33-32(21-29)35(46-45-33)26-4-8-28(39)9-5-26/h3-13,15,21,23H,2,14,16-20,22,24-25H2,1H3,(H,43,52)(H,45,46)(H,42,44,47)/b15-3-,41-36?. The highest BCUT2D eigenvalue weighted by atomic mass is 19.1. The molecule has 3 aromatic carbocycles. The largest absolute Gasteiger partial charge is 0.368 e. The lowest BCUT2D eigenvalue weighted by atomic mass is 9.81. The van der Waals surface area contributed by atoms with Crippen LogP contribution in [0.2, 0.25) is 0 Å². The van der Waals surface area contributed by atoms with E-state index in [1.165, 1.54) is 12.1 Å². The third-order valence-electron chi connectivity index (χ3n) is 9.81. The fourth-order valence-corrected chi connectivity index (χ4v) is 7.02. The van der Waals surface area contributed by atoms with Gasteiger partial charge in [0.2, 0.25) is 11.8 Å². The molecule has 0 saturated carbocycles. The molecule has 5 aromatic rings. The molecule has 7 rings (SSSR count). The Morgan fingerprint density at radius 1 is 1.02 bits per heavy atom. The first kappa shape index (κ1) is 34.4. The Hall–Kier alpha value is -6.02. The molecular formula is C38H40FN11O2. The van der Waals surface area contributed by atoms with Crippen LogP contribution in [0.5, 0.6) is 0 Å². The third-order valence-corrected chi connectivity index (χ3v) is 9.81. The van der Waals surface area contributed by atoms with Crippen LogP contribution in [0.15, 0.2) is 95.2 Å². The summed E-state index contributed by atoms with van der Waals surface area (Å²) in [7, 11) is 0. The van der Waals surface area contributed by atoms with Gasteiger partial charge in [-0.25, -0.2) is 14.4 Å². The summed E-state index contributed by atoms with van der Waals surface area (Å²) < 4.78 is 13.6. The Balaban J connectivity index is 0.994. The summed E-state index contributed by atoms with van der Waals surface area (Å²) in [5.74, 6) is 0.139. The number of aliphatic imine (C=N–C) groups is 2. The Morgan fingerprint density at radius 2 is 1.81 bits per heavy atom. The van der Waals surface area contributed by atoms with Crippen LogP contribution in [0.25, 0.3) is 22.2 Å². The van der Waals surface area contributed by atoms with E-state index in [4.69, 9.17) is 0 Å². The number of hydrogen-bond acceptors (Lipinski definition) is 8. The molecule has 2 saturated heterocycles. The molecular weight excluding hydrogens is 661 g/mol. The molecule has 1 unspecified atom stereocenters. The first-order valence-corrected chi connectivity index (χ1v) is 17.3. The van der Waals surface area contributed by atoms with Crippen molar-refractivity contribution in [1.29, 1.82) is 0 Å². The van der Waals surface area contributed by atoms with Crippen LogP contribution in [0.3, 0.4) is 0 Å². The lowest BCUT2D eigenvalue weighted by Crippen LogP contribution is -2.51. The van der Waals surface area contributed by atoms with Gasteiger partial charge in [0.15, 0.2) is 5.84 Å². The lowest BCUT2D eigenvalue weighted by Gasteiger charge is -2.37. The topological polar surface area (TPSA) is 151 Å². The van der Waals surface area contributed by atoms with E-state index in [1.54, 1.807) is 24.5 Å². The average Bonchev–Trinajstić information content (AvgIpc) is 3.94. The number of aromatic amines is 2. The SMILES string of the molecule is C=NC(=N/C=C\C)c1ccc(N2CCN(C(=O)CN3CCC(Cc4cn[nH]n4)(C(=O)Nc4ccc5[nH]nc(-c6ccc(F)cc6)c5c4)C3)CC2)cc1. The summed E-state index contributed by atoms with van der Waals surface area (Å²) in [5.41, 5.74) is 4.65. The van der Waals surface area contributed by atoms with E-state index in [0.29, 0.717) is 75.0 Å². The van der Waals surface area contributed by atoms with Gasteiger partial charge in [-0.1, -0.05) is 6.08 Å². The number of nitrogens with zero attached hydrogens (tertiary/aromatic N) is 8. The van der Waals surface area contributed by atoms with Gasteiger partial charge in [0.05, 0.1) is 35.1 Å². The van der Waals surface area contributed by atoms with E-state index in [0.717, 1.165) is 27.7 Å². The number of aromatic nitrogens is 5. The molecule has 2 aromatic heterocycles. The van der Waals surface area contributed by atoms with E-state index in [-0.39, 0.29) is 24.2 Å². The summed E-state index contributed by atoms with van der Waals surface area (Å²) in [4.78, 5) is 42.3. The molecule has 2 fully saturated rings. The van der Waals surface area contributed by atoms with Crippen molar-refractivity contribution in [2.24, 2.45) is 15.4 Å². The van der Waals surface area contributed by atoms with Gasteiger partial charge in [-0.15, -0.1) is 0 Å². The van der Waals surface area contributed by atoms with Crippen molar-refractivity contribution in [2.75, 3.05) is 56.0 Å². The van der Waals surface area contributed by atoms with E-state index < -0.39 is 5.41 Å². The van der Waals surface area contributed by atoms with Crippen molar-refractivity contribution in [3.63, 3.8) is 0 Å². The molecule has 2 amide bonds. The van der Waals surface area contributed by atoms with Crippen LogP contribution in [0.4, 0.5) is 15.8 Å². The minimum absolute atomic E-state index is 0.0493. The van der Waals surface area contributed by atoms with Crippen LogP contribution < -0.4 is 10.2 Å². The summed E-state index contributed by atoms with van der Waals surface area (Å²) in [6.07, 6.45) is 6.10. The fourth-order valence-electron chi connectivity index (χ4n) is 7.02. The molecule has 2 aliphatic rings. The smallest absolute Gasteiger partial charge is 0.236 e. The molecule has 0 bridgehead atoms. The second kappa shape index (κ2) is 15.1. The number of H-pyrrole nitrogens is 2. The number of benzene rings is 3. The van der Waals surface area contributed by atoms with Crippen molar-refractivity contribution in [2.45, 2.75) is 19.8 Å². The molecule has 0 spiro atoms. The third kappa shape index (κ3) is 7.37. The van der Waals surface area contributed by atoms with Crippen molar-refractivity contribution < 1.29 is 14.0 Å². The number of nitrogens with one attached hydrogen (secondary N) is 3. The number of piperazine rings is 1. The maximum absolute atomic E-state index is 14.2. The van der Waals surface area contributed by atoms with Gasteiger partial charge in [0, 0.05) is 73.2 Å². The highest BCUT2D eigenvalue weighted by molar-refractivity contribution is 6.02. The molecule has 2 aliphatic heterocycles. The Labute approximate surface area is 300 Å². The van der Waals surface area contributed by atoms with Crippen molar-refractivity contribution in [3.05, 3.63) is 102 Å². The summed E-state index contributed by atoms with van der Waals surface area (Å²) in [6.45, 7) is 9.40.